The molecule has 2 heterocycles. The van der Waals surface area contributed by atoms with Gasteiger partial charge in [0.1, 0.15) is 22.8 Å². The molecule has 0 fully saturated rings. The van der Waals surface area contributed by atoms with E-state index in [1.807, 2.05) is 6.92 Å². The van der Waals surface area contributed by atoms with E-state index in [4.69, 9.17) is 13.6 Å². The number of rotatable bonds is 4. The van der Waals surface area contributed by atoms with E-state index in [1.165, 1.54) is 12.1 Å². The van der Waals surface area contributed by atoms with Crippen LogP contribution in [0.15, 0.2) is 37.6 Å². The fourth-order valence-corrected chi connectivity index (χ4v) is 2.50. The summed E-state index contributed by atoms with van der Waals surface area (Å²) in [5.41, 5.74) is 0.743. The molecule has 0 aliphatic carbocycles. The fourth-order valence-electron chi connectivity index (χ4n) is 2.14. The topological polar surface area (TPSA) is 98.6 Å². The number of furan rings is 1. The number of hydrogen-bond acceptors (Lipinski definition) is 7. The van der Waals surface area contributed by atoms with E-state index >= 15 is 0 Å². The van der Waals surface area contributed by atoms with E-state index in [0.29, 0.717) is 21.7 Å². The molecule has 8 heteroatoms. The normalized spacial score (nSPS) is 10.8. The lowest BCUT2D eigenvalue weighted by atomic mass is 10.2. The van der Waals surface area contributed by atoms with Crippen LogP contribution in [0.25, 0.3) is 11.5 Å². The minimum Gasteiger partial charge on any atom is -0.507 e. The summed E-state index contributed by atoms with van der Waals surface area (Å²) in [6.45, 7) is 3.41. The van der Waals surface area contributed by atoms with Gasteiger partial charge in [0.15, 0.2) is 6.61 Å². The standard InChI is InChI=1S/C16H13BrN2O5/c1-8-5-11(9(2)23-8)15-19-18-14(24-15)7-22-16(21)12-6-10(17)3-4-13(12)20/h3-6,20H,7H2,1-2H3. The highest BCUT2D eigenvalue weighted by atomic mass is 79.9. The molecule has 0 aliphatic rings. The fraction of sp³-hybridized carbons (Fsp3) is 0.188. The SMILES string of the molecule is Cc1cc(-c2nnc(COC(=O)c3cc(Br)ccc3O)o2)c(C)o1. The van der Waals surface area contributed by atoms with Crippen LogP contribution in [0.1, 0.15) is 27.8 Å². The summed E-state index contributed by atoms with van der Waals surface area (Å²) in [7, 11) is 0. The highest BCUT2D eigenvalue weighted by Crippen LogP contribution is 2.26. The molecule has 0 radical (unpaired) electrons. The lowest BCUT2D eigenvalue weighted by Gasteiger charge is -2.04. The highest BCUT2D eigenvalue weighted by molar-refractivity contribution is 9.10. The van der Waals surface area contributed by atoms with Crippen LogP contribution in [0.2, 0.25) is 0 Å². The number of benzene rings is 1. The maximum atomic E-state index is 12.0. The van der Waals surface area contributed by atoms with Crippen LogP contribution in [-0.4, -0.2) is 21.3 Å². The number of aromatic hydroxyl groups is 1. The van der Waals surface area contributed by atoms with Gasteiger partial charge in [-0.1, -0.05) is 15.9 Å². The molecule has 3 aromatic rings. The number of aromatic nitrogens is 2. The summed E-state index contributed by atoms with van der Waals surface area (Å²) in [6.07, 6.45) is 0. The summed E-state index contributed by atoms with van der Waals surface area (Å²) in [6, 6.07) is 6.27. The number of halogens is 1. The van der Waals surface area contributed by atoms with E-state index in [9.17, 15) is 9.90 Å². The molecule has 0 spiro atoms. The van der Waals surface area contributed by atoms with E-state index in [2.05, 4.69) is 26.1 Å². The first-order valence-electron chi connectivity index (χ1n) is 6.99. The van der Waals surface area contributed by atoms with Crippen LogP contribution in [0, 0.1) is 13.8 Å². The largest absolute Gasteiger partial charge is 0.507 e. The van der Waals surface area contributed by atoms with Crippen LogP contribution < -0.4 is 0 Å². The molecule has 0 atom stereocenters. The zero-order valence-corrected chi connectivity index (χ0v) is 14.5. The van der Waals surface area contributed by atoms with Crippen molar-refractivity contribution in [3.05, 3.63) is 51.7 Å². The average molecular weight is 393 g/mol. The average Bonchev–Trinajstić information content (AvgIpc) is 3.13. The summed E-state index contributed by atoms with van der Waals surface area (Å²) in [4.78, 5) is 12.0. The molecule has 0 saturated carbocycles. The number of ether oxygens (including phenoxy) is 1. The molecule has 7 nitrogen and oxygen atoms in total. The van der Waals surface area contributed by atoms with Crippen molar-refractivity contribution in [3.63, 3.8) is 0 Å². The molecule has 0 saturated heterocycles. The van der Waals surface area contributed by atoms with Gasteiger partial charge in [-0.2, -0.15) is 0 Å². The monoisotopic (exact) mass is 392 g/mol. The number of carbonyl (C=O) groups is 1. The quantitative estimate of drug-likeness (QED) is 0.674. The zero-order chi connectivity index (χ0) is 17.3. The molecular formula is C16H13BrN2O5. The Morgan fingerprint density at radius 2 is 2.04 bits per heavy atom. The predicted octanol–water partition coefficient (Wildman–Crippen LogP) is 3.77. The Kier molecular flexibility index (Phi) is 4.39. The Morgan fingerprint density at radius 3 is 2.75 bits per heavy atom. The third-order valence-corrected chi connectivity index (χ3v) is 3.74. The summed E-state index contributed by atoms with van der Waals surface area (Å²) < 4.78 is 16.6. The Labute approximate surface area is 145 Å². The Balaban J connectivity index is 1.70. The van der Waals surface area contributed by atoms with E-state index in [-0.39, 0.29) is 23.8 Å². The molecular weight excluding hydrogens is 380 g/mol. The van der Waals surface area contributed by atoms with Gasteiger partial charge in [-0.3, -0.25) is 0 Å². The summed E-state index contributed by atoms with van der Waals surface area (Å²) in [5, 5.41) is 17.5. The van der Waals surface area contributed by atoms with Crippen molar-refractivity contribution in [3.8, 4) is 17.2 Å². The first-order chi connectivity index (χ1) is 11.4. The molecule has 0 amide bonds. The molecule has 3 rings (SSSR count). The smallest absolute Gasteiger partial charge is 0.342 e. The second kappa shape index (κ2) is 6.48. The number of aryl methyl sites for hydroxylation is 2. The van der Waals surface area contributed by atoms with Crippen molar-refractivity contribution in [2.24, 2.45) is 0 Å². The minimum atomic E-state index is -0.691. The number of carbonyl (C=O) groups excluding carboxylic acids is 1. The van der Waals surface area contributed by atoms with Crippen LogP contribution in [0.3, 0.4) is 0 Å². The van der Waals surface area contributed by atoms with Gasteiger partial charge < -0.3 is 18.7 Å². The number of hydrogen-bond donors (Lipinski definition) is 1. The first-order valence-corrected chi connectivity index (χ1v) is 7.79. The van der Waals surface area contributed by atoms with Crippen molar-refractivity contribution < 1.29 is 23.5 Å². The lowest BCUT2D eigenvalue weighted by Crippen LogP contribution is -2.05. The molecule has 0 bridgehead atoms. The maximum absolute atomic E-state index is 12.0. The summed E-state index contributed by atoms with van der Waals surface area (Å²) >= 11 is 3.23. The van der Waals surface area contributed by atoms with Crippen LogP contribution in [0.4, 0.5) is 0 Å². The van der Waals surface area contributed by atoms with Crippen molar-refractivity contribution >= 4 is 21.9 Å². The lowest BCUT2D eigenvalue weighted by molar-refractivity contribution is 0.0435. The van der Waals surface area contributed by atoms with Crippen LogP contribution >= 0.6 is 15.9 Å². The number of phenols is 1. The third-order valence-electron chi connectivity index (χ3n) is 3.24. The van der Waals surface area contributed by atoms with Crippen molar-refractivity contribution in [1.29, 1.82) is 0 Å². The molecule has 124 valence electrons. The van der Waals surface area contributed by atoms with Crippen molar-refractivity contribution in [2.45, 2.75) is 20.5 Å². The number of phenolic OH excluding ortho intramolecular Hbond substituents is 1. The van der Waals surface area contributed by atoms with Gasteiger partial charge in [0.25, 0.3) is 11.8 Å². The predicted molar refractivity (Wildman–Crippen MR) is 86.4 cm³/mol. The van der Waals surface area contributed by atoms with Crippen LogP contribution in [0.5, 0.6) is 5.75 Å². The van der Waals surface area contributed by atoms with Gasteiger partial charge in [-0.05, 0) is 38.1 Å². The first kappa shape index (κ1) is 16.3. The third kappa shape index (κ3) is 3.33. The van der Waals surface area contributed by atoms with Gasteiger partial charge in [-0.15, -0.1) is 10.2 Å². The van der Waals surface area contributed by atoms with E-state index in [1.54, 1.807) is 19.1 Å². The molecule has 24 heavy (non-hydrogen) atoms. The van der Waals surface area contributed by atoms with Gasteiger partial charge in [0.2, 0.25) is 0 Å². The number of nitrogens with zero attached hydrogens (tertiary/aromatic N) is 2. The molecule has 0 unspecified atom stereocenters. The highest BCUT2D eigenvalue weighted by Gasteiger charge is 2.17. The Morgan fingerprint density at radius 1 is 1.25 bits per heavy atom. The summed E-state index contributed by atoms with van der Waals surface area (Å²) in [5.74, 6) is 0.979. The second-order valence-electron chi connectivity index (χ2n) is 5.07. The minimum absolute atomic E-state index is 0.0467. The van der Waals surface area contributed by atoms with Gasteiger partial charge in [0, 0.05) is 4.47 Å². The maximum Gasteiger partial charge on any atom is 0.342 e. The molecule has 2 aromatic heterocycles. The van der Waals surface area contributed by atoms with Crippen molar-refractivity contribution in [2.75, 3.05) is 0 Å². The van der Waals surface area contributed by atoms with E-state index < -0.39 is 5.97 Å². The Bertz CT molecular complexity index is 900. The van der Waals surface area contributed by atoms with Gasteiger partial charge >= 0.3 is 5.97 Å². The molecule has 1 aromatic carbocycles. The zero-order valence-electron chi connectivity index (χ0n) is 12.9. The van der Waals surface area contributed by atoms with E-state index in [0.717, 1.165) is 5.76 Å². The number of esters is 1. The second-order valence-corrected chi connectivity index (χ2v) is 5.98. The molecule has 0 aliphatic heterocycles. The van der Waals surface area contributed by atoms with Crippen molar-refractivity contribution in [1.82, 2.24) is 10.2 Å². The molecule has 1 N–H and O–H groups in total. The van der Waals surface area contributed by atoms with Crippen LogP contribution in [-0.2, 0) is 11.3 Å². The van der Waals surface area contributed by atoms with Gasteiger partial charge in [0.05, 0.1) is 5.56 Å². The Hall–Kier alpha value is -2.61. The van der Waals surface area contributed by atoms with Gasteiger partial charge in [-0.25, -0.2) is 4.79 Å².